The van der Waals surface area contributed by atoms with Crippen LogP contribution in [0, 0.1) is 0 Å². The molecule has 3 rings (SSSR count). The maximum absolute atomic E-state index is 12.9. The summed E-state index contributed by atoms with van der Waals surface area (Å²) in [6, 6.07) is 9.47. The fourth-order valence-corrected chi connectivity index (χ4v) is 5.67. The lowest BCUT2D eigenvalue weighted by molar-refractivity contribution is 0.102. The van der Waals surface area contributed by atoms with Gasteiger partial charge in [-0.2, -0.15) is 4.31 Å². The van der Waals surface area contributed by atoms with Gasteiger partial charge in [-0.1, -0.05) is 31.6 Å². The molecule has 0 radical (unpaired) electrons. The van der Waals surface area contributed by atoms with Crippen molar-refractivity contribution in [1.82, 2.24) is 9.29 Å². The Balaban J connectivity index is 1.81. The van der Waals surface area contributed by atoms with Crippen molar-refractivity contribution in [2.45, 2.75) is 31.6 Å². The van der Waals surface area contributed by atoms with Crippen molar-refractivity contribution in [3.05, 3.63) is 42.0 Å². The van der Waals surface area contributed by atoms with E-state index in [1.54, 1.807) is 26.4 Å². The number of aromatic nitrogens is 1. The topological polar surface area (TPSA) is 97.8 Å². The van der Waals surface area contributed by atoms with Crippen molar-refractivity contribution >= 4 is 42.6 Å². The van der Waals surface area contributed by atoms with Gasteiger partial charge in [0.1, 0.15) is 21.7 Å². The fraction of sp³-hybridized carbons (Fsp3) is 0.364. The normalized spacial score (nSPS) is 11.7. The molecule has 1 heterocycles. The average Bonchev–Trinajstić information content (AvgIpc) is 3.22. The number of nitrogens with zero attached hydrogens (tertiary/aromatic N) is 2. The summed E-state index contributed by atoms with van der Waals surface area (Å²) >= 11 is 1.27. The summed E-state index contributed by atoms with van der Waals surface area (Å²) in [5, 5.41) is 3.16. The van der Waals surface area contributed by atoms with E-state index in [0.29, 0.717) is 40.8 Å². The third-order valence-corrected chi connectivity index (χ3v) is 7.97. The quantitative estimate of drug-likeness (QED) is 0.465. The molecule has 0 saturated carbocycles. The molecule has 1 amide bonds. The van der Waals surface area contributed by atoms with Crippen LogP contribution in [0.5, 0.6) is 11.5 Å². The monoisotopic (exact) mass is 477 g/mol. The van der Waals surface area contributed by atoms with Gasteiger partial charge in [-0.3, -0.25) is 10.1 Å². The first kappa shape index (κ1) is 24.0. The van der Waals surface area contributed by atoms with E-state index < -0.39 is 10.0 Å². The number of rotatable bonds is 10. The molecule has 0 unspecified atom stereocenters. The van der Waals surface area contributed by atoms with Crippen LogP contribution in [0.15, 0.2) is 41.3 Å². The van der Waals surface area contributed by atoms with Crippen LogP contribution in [0.25, 0.3) is 10.2 Å². The summed E-state index contributed by atoms with van der Waals surface area (Å²) in [5.41, 5.74) is 0.930. The van der Waals surface area contributed by atoms with Gasteiger partial charge in [0, 0.05) is 18.7 Å². The minimum Gasteiger partial charge on any atom is -0.495 e. The van der Waals surface area contributed by atoms with Crippen molar-refractivity contribution in [3.8, 4) is 11.5 Å². The zero-order valence-electron chi connectivity index (χ0n) is 18.5. The van der Waals surface area contributed by atoms with E-state index in [9.17, 15) is 13.2 Å². The maximum Gasteiger partial charge on any atom is 0.257 e. The Labute approximate surface area is 192 Å². The summed E-state index contributed by atoms with van der Waals surface area (Å²) in [4.78, 5) is 17.3. The van der Waals surface area contributed by atoms with E-state index in [1.807, 2.05) is 13.8 Å². The van der Waals surface area contributed by atoms with Gasteiger partial charge in [0.05, 0.1) is 19.1 Å². The van der Waals surface area contributed by atoms with Gasteiger partial charge in [-0.25, -0.2) is 13.4 Å². The lowest BCUT2D eigenvalue weighted by Crippen LogP contribution is -2.31. The second kappa shape index (κ2) is 10.3. The smallest absolute Gasteiger partial charge is 0.257 e. The SMILES string of the molecule is CCCCN(CC)S(=O)(=O)c1ccc(C(=O)Nc2nc3c(OC)ccc(OC)c3s2)cc1. The third-order valence-electron chi connectivity index (χ3n) is 5.00. The highest BCUT2D eigenvalue weighted by atomic mass is 32.2. The molecule has 0 aliphatic rings. The number of fused-ring (bicyclic) bond motifs is 1. The van der Waals surface area contributed by atoms with E-state index in [-0.39, 0.29) is 10.8 Å². The number of amides is 1. The molecule has 0 atom stereocenters. The number of ether oxygens (including phenoxy) is 2. The first-order valence-electron chi connectivity index (χ1n) is 10.3. The van der Waals surface area contributed by atoms with Crippen molar-refractivity contribution in [2.24, 2.45) is 0 Å². The number of benzene rings is 2. The number of unbranched alkanes of at least 4 members (excludes halogenated alkanes) is 1. The van der Waals surface area contributed by atoms with Crippen LogP contribution in [0.3, 0.4) is 0 Å². The molecule has 10 heteroatoms. The van der Waals surface area contributed by atoms with Crippen molar-refractivity contribution in [2.75, 3.05) is 32.6 Å². The molecule has 0 aliphatic carbocycles. The molecule has 1 aromatic heterocycles. The number of carbonyl (C=O) groups excluding carboxylic acids is 1. The molecule has 0 aliphatic heterocycles. The second-order valence-corrected chi connectivity index (χ2v) is 9.93. The van der Waals surface area contributed by atoms with Crippen LogP contribution >= 0.6 is 11.3 Å². The van der Waals surface area contributed by atoms with Crippen LogP contribution in [-0.2, 0) is 10.0 Å². The molecule has 32 heavy (non-hydrogen) atoms. The van der Waals surface area contributed by atoms with Crippen LogP contribution in [0.2, 0.25) is 0 Å². The molecule has 8 nitrogen and oxygen atoms in total. The Hall–Kier alpha value is -2.69. The standard InChI is InChI=1S/C22H27N3O5S2/c1-5-7-14-25(6-2)32(27,28)16-10-8-15(9-11-16)21(26)24-22-23-19-17(29-3)12-13-18(30-4)20(19)31-22/h8-13H,5-7,14H2,1-4H3,(H,23,24,26). The highest BCUT2D eigenvalue weighted by Gasteiger charge is 2.23. The Morgan fingerprint density at radius 1 is 1.06 bits per heavy atom. The minimum atomic E-state index is -3.59. The second-order valence-electron chi connectivity index (χ2n) is 7.00. The largest absolute Gasteiger partial charge is 0.495 e. The van der Waals surface area contributed by atoms with E-state index in [0.717, 1.165) is 17.5 Å². The van der Waals surface area contributed by atoms with Crippen LogP contribution in [-0.4, -0.2) is 50.9 Å². The lowest BCUT2D eigenvalue weighted by atomic mass is 10.2. The number of hydrogen-bond acceptors (Lipinski definition) is 7. The molecule has 0 spiro atoms. The number of carbonyl (C=O) groups is 1. The number of sulfonamides is 1. The number of thiazole rings is 1. The van der Waals surface area contributed by atoms with Gasteiger partial charge in [0.25, 0.3) is 5.91 Å². The molecule has 0 bridgehead atoms. The average molecular weight is 478 g/mol. The minimum absolute atomic E-state index is 0.168. The number of methoxy groups -OCH3 is 2. The van der Waals surface area contributed by atoms with Crippen molar-refractivity contribution < 1.29 is 22.7 Å². The van der Waals surface area contributed by atoms with E-state index in [2.05, 4.69) is 10.3 Å². The van der Waals surface area contributed by atoms with Gasteiger partial charge in [0.2, 0.25) is 10.0 Å². The maximum atomic E-state index is 12.9. The molecule has 3 aromatic rings. The molecular weight excluding hydrogens is 450 g/mol. The Morgan fingerprint density at radius 3 is 2.31 bits per heavy atom. The van der Waals surface area contributed by atoms with Gasteiger partial charge in [-0.05, 0) is 42.8 Å². The highest BCUT2D eigenvalue weighted by Crippen LogP contribution is 2.38. The van der Waals surface area contributed by atoms with E-state index in [4.69, 9.17) is 9.47 Å². The first-order valence-corrected chi connectivity index (χ1v) is 12.5. The van der Waals surface area contributed by atoms with E-state index >= 15 is 0 Å². The van der Waals surface area contributed by atoms with Gasteiger partial charge in [0.15, 0.2) is 5.13 Å². The number of anilines is 1. The number of hydrogen-bond donors (Lipinski definition) is 1. The molecule has 0 fully saturated rings. The first-order chi connectivity index (χ1) is 15.3. The van der Waals surface area contributed by atoms with Crippen LogP contribution < -0.4 is 14.8 Å². The zero-order chi connectivity index (χ0) is 23.3. The molecule has 172 valence electrons. The summed E-state index contributed by atoms with van der Waals surface area (Å²) in [6.07, 6.45) is 1.71. The summed E-state index contributed by atoms with van der Waals surface area (Å²) in [6.45, 7) is 4.71. The molecular formula is C22H27N3O5S2. The van der Waals surface area contributed by atoms with Crippen molar-refractivity contribution in [3.63, 3.8) is 0 Å². The number of nitrogens with one attached hydrogen (secondary N) is 1. The Bertz CT molecular complexity index is 1150. The fourth-order valence-electron chi connectivity index (χ4n) is 3.22. The van der Waals surface area contributed by atoms with Crippen LogP contribution in [0.4, 0.5) is 5.13 Å². The van der Waals surface area contributed by atoms with Crippen molar-refractivity contribution in [1.29, 1.82) is 0 Å². The summed E-state index contributed by atoms with van der Waals surface area (Å²) < 4.78 is 38.6. The van der Waals surface area contributed by atoms with Crippen LogP contribution in [0.1, 0.15) is 37.0 Å². The molecule has 0 saturated heterocycles. The van der Waals surface area contributed by atoms with E-state index in [1.165, 1.54) is 39.9 Å². The molecule has 1 N–H and O–H groups in total. The third kappa shape index (κ3) is 4.87. The van der Waals surface area contributed by atoms with Gasteiger partial charge in [-0.15, -0.1) is 0 Å². The predicted octanol–water partition coefficient (Wildman–Crippen LogP) is 4.38. The highest BCUT2D eigenvalue weighted by molar-refractivity contribution is 7.89. The summed E-state index contributed by atoms with van der Waals surface area (Å²) in [5.74, 6) is 0.830. The summed E-state index contributed by atoms with van der Waals surface area (Å²) in [7, 11) is -0.476. The zero-order valence-corrected chi connectivity index (χ0v) is 20.2. The predicted molar refractivity (Wildman–Crippen MR) is 126 cm³/mol. The molecule has 2 aromatic carbocycles. The van der Waals surface area contributed by atoms with Gasteiger partial charge >= 0.3 is 0 Å². The lowest BCUT2D eigenvalue weighted by Gasteiger charge is -2.20. The Kier molecular flexibility index (Phi) is 7.70. The van der Waals surface area contributed by atoms with Gasteiger partial charge < -0.3 is 9.47 Å². The Morgan fingerprint density at radius 2 is 1.72 bits per heavy atom.